The van der Waals surface area contributed by atoms with E-state index in [2.05, 4.69) is 47.9 Å². The Labute approximate surface area is 111 Å². The summed E-state index contributed by atoms with van der Waals surface area (Å²) in [7, 11) is 0. The Hall–Kier alpha value is -0.520. The van der Waals surface area contributed by atoms with Gasteiger partial charge in [0.25, 0.3) is 0 Å². The highest BCUT2D eigenvalue weighted by molar-refractivity contribution is 7.98. The minimum atomic E-state index is 0.537. The van der Waals surface area contributed by atoms with E-state index >= 15 is 0 Å². The van der Waals surface area contributed by atoms with E-state index in [4.69, 9.17) is 0 Å². The normalized spacial score (nSPS) is 13.4. The smallest absolute Gasteiger partial charge is 0.194 e. The summed E-state index contributed by atoms with van der Waals surface area (Å²) in [6.07, 6.45) is 4.32. The van der Waals surface area contributed by atoms with Gasteiger partial charge in [-0.15, -0.1) is 11.3 Å². The molecule has 0 saturated carbocycles. The largest absolute Gasteiger partial charge is 0.308 e. The molecule has 0 aliphatic rings. The zero-order valence-electron chi connectivity index (χ0n) is 10.8. The maximum atomic E-state index is 4.59. The second-order valence-corrected chi connectivity index (χ2v) is 6.50. The molecule has 0 bridgehead atoms. The van der Waals surface area contributed by atoms with Crippen LogP contribution in [0, 0.1) is 13.8 Å². The molecule has 0 spiro atoms. The van der Waals surface area contributed by atoms with Crippen LogP contribution in [0.5, 0.6) is 0 Å². The van der Waals surface area contributed by atoms with Crippen molar-refractivity contribution < 1.29 is 0 Å². The van der Waals surface area contributed by atoms with Crippen LogP contribution in [0.1, 0.15) is 23.2 Å². The molecule has 0 aromatic carbocycles. The highest BCUT2D eigenvalue weighted by atomic mass is 32.2. The van der Waals surface area contributed by atoms with Gasteiger partial charge in [-0.3, -0.25) is 4.40 Å². The van der Waals surface area contributed by atoms with Crippen LogP contribution in [0.25, 0.3) is 4.96 Å². The van der Waals surface area contributed by atoms with E-state index < -0.39 is 0 Å². The van der Waals surface area contributed by atoms with Gasteiger partial charge in [-0.05, 0) is 27.0 Å². The first-order chi connectivity index (χ1) is 8.11. The first-order valence-electron chi connectivity index (χ1n) is 5.78. The highest BCUT2D eigenvalue weighted by Crippen LogP contribution is 2.20. The summed E-state index contributed by atoms with van der Waals surface area (Å²) in [5.41, 5.74) is 2.43. The van der Waals surface area contributed by atoms with Gasteiger partial charge < -0.3 is 5.32 Å². The van der Waals surface area contributed by atoms with Crippen molar-refractivity contribution in [3.63, 3.8) is 0 Å². The predicted molar refractivity (Wildman–Crippen MR) is 77.2 cm³/mol. The molecule has 1 N–H and O–H groups in total. The van der Waals surface area contributed by atoms with Gasteiger partial charge in [0.2, 0.25) is 0 Å². The molecular weight excluding hydrogens is 250 g/mol. The SMILES string of the molecule is CSCC(C)NCc1c(C)nc2sc(C)cn12. The number of aryl methyl sites for hydroxylation is 2. The van der Waals surface area contributed by atoms with Crippen molar-refractivity contribution in [1.29, 1.82) is 0 Å². The molecule has 17 heavy (non-hydrogen) atoms. The third-order valence-electron chi connectivity index (χ3n) is 2.78. The van der Waals surface area contributed by atoms with Crippen LogP contribution < -0.4 is 5.32 Å². The molecular formula is C12H19N3S2. The van der Waals surface area contributed by atoms with Gasteiger partial charge >= 0.3 is 0 Å². The molecule has 1 unspecified atom stereocenters. The lowest BCUT2D eigenvalue weighted by atomic mass is 10.3. The standard InChI is InChI=1S/C12H19N3S2/c1-8(7-16-4)13-5-11-10(3)14-12-15(11)6-9(2)17-12/h6,8,13H,5,7H2,1-4H3. The van der Waals surface area contributed by atoms with Gasteiger partial charge in [0.05, 0.1) is 11.4 Å². The number of nitrogens with one attached hydrogen (secondary N) is 1. The van der Waals surface area contributed by atoms with Gasteiger partial charge in [0.15, 0.2) is 4.96 Å². The van der Waals surface area contributed by atoms with Crippen molar-refractivity contribution in [3.8, 4) is 0 Å². The van der Waals surface area contributed by atoms with Gasteiger partial charge in [-0.1, -0.05) is 0 Å². The third kappa shape index (κ3) is 2.84. The molecule has 0 radical (unpaired) electrons. The Bertz CT molecular complexity index is 501. The molecule has 2 rings (SSSR count). The number of thioether (sulfide) groups is 1. The lowest BCUT2D eigenvalue weighted by Gasteiger charge is -2.12. The molecule has 0 saturated heterocycles. The molecule has 0 fully saturated rings. The molecule has 94 valence electrons. The van der Waals surface area contributed by atoms with Crippen LogP contribution in [-0.2, 0) is 6.54 Å². The van der Waals surface area contributed by atoms with Gasteiger partial charge in [-0.2, -0.15) is 11.8 Å². The van der Waals surface area contributed by atoms with E-state index in [0.29, 0.717) is 6.04 Å². The van der Waals surface area contributed by atoms with Crippen molar-refractivity contribution in [2.75, 3.05) is 12.0 Å². The second kappa shape index (κ2) is 5.42. The maximum Gasteiger partial charge on any atom is 0.194 e. The number of aromatic nitrogens is 2. The zero-order chi connectivity index (χ0) is 12.4. The van der Waals surface area contributed by atoms with Crippen LogP contribution in [-0.4, -0.2) is 27.4 Å². The molecule has 0 aliphatic carbocycles. The van der Waals surface area contributed by atoms with E-state index in [1.165, 1.54) is 10.6 Å². The number of thiazole rings is 1. The summed E-state index contributed by atoms with van der Waals surface area (Å²) in [6.45, 7) is 7.33. The van der Waals surface area contributed by atoms with E-state index in [0.717, 1.165) is 23.0 Å². The van der Waals surface area contributed by atoms with Crippen LogP contribution in [0.2, 0.25) is 0 Å². The molecule has 2 heterocycles. The van der Waals surface area contributed by atoms with Gasteiger partial charge in [0.1, 0.15) is 0 Å². The third-order valence-corrected chi connectivity index (χ3v) is 4.51. The average molecular weight is 269 g/mol. The number of hydrogen-bond acceptors (Lipinski definition) is 4. The summed E-state index contributed by atoms with van der Waals surface area (Å²) in [4.78, 5) is 7.01. The topological polar surface area (TPSA) is 29.3 Å². The van der Waals surface area contributed by atoms with Crippen molar-refractivity contribution >= 4 is 28.1 Å². The van der Waals surface area contributed by atoms with E-state index in [9.17, 15) is 0 Å². The van der Waals surface area contributed by atoms with Gasteiger partial charge in [0, 0.05) is 29.4 Å². The van der Waals surface area contributed by atoms with Crippen molar-refractivity contribution in [1.82, 2.24) is 14.7 Å². The monoisotopic (exact) mass is 269 g/mol. The lowest BCUT2D eigenvalue weighted by Crippen LogP contribution is -2.28. The lowest BCUT2D eigenvalue weighted by molar-refractivity contribution is 0.585. The molecule has 3 nitrogen and oxygen atoms in total. The molecule has 2 aromatic heterocycles. The molecule has 2 aromatic rings. The number of nitrogens with zero attached hydrogens (tertiary/aromatic N) is 2. The quantitative estimate of drug-likeness (QED) is 0.905. The summed E-state index contributed by atoms with van der Waals surface area (Å²) >= 11 is 3.63. The summed E-state index contributed by atoms with van der Waals surface area (Å²) in [6, 6.07) is 0.537. The Morgan fingerprint density at radius 3 is 3.00 bits per heavy atom. The minimum Gasteiger partial charge on any atom is -0.308 e. The van der Waals surface area contributed by atoms with E-state index in [-0.39, 0.29) is 0 Å². The van der Waals surface area contributed by atoms with E-state index in [1.807, 2.05) is 11.8 Å². The zero-order valence-corrected chi connectivity index (χ0v) is 12.4. The number of rotatable bonds is 5. The van der Waals surface area contributed by atoms with Gasteiger partial charge in [-0.25, -0.2) is 4.98 Å². The van der Waals surface area contributed by atoms with E-state index in [1.54, 1.807) is 11.3 Å². The maximum absolute atomic E-state index is 4.59. The Morgan fingerprint density at radius 2 is 2.29 bits per heavy atom. The number of hydrogen-bond donors (Lipinski definition) is 1. The fraction of sp³-hybridized carbons (Fsp3) is 0.583. The van der Waals surface area contributed by atoms with Crippen molar-refractivity contribution in [3.05, 3.63) is 22.5 Å². The Kier molecular flexibility index (Phi) is 4.12. The van der Waals surface area contributed by atoms with Crippen LogP contribution in [0.15, 0.2) is 6.20 Å². The predicted octanol–water partition coefficient (Wildman–Crippen LogP) is 2.85. The molecule has 0 amide bonds. The number of fused-ring (bicyclic) bond motifs is 1. The van der Waals surface area contributed by atoms with Crippen LogP contribution in [0.3, 0.4) is 0 Å². The van der Waals surface area contributed by atoms with Crippen molar-refractivity contribution in [2.45, 2.75) is 33.4 Å². The fourth-order valence-electron chi connectivity index (χ4n) is 1.90. The Balaban J connectivity index is 2.14. The minimum absolute atomic E-state index is 0.537. The first kappa shape index (κ1) is 12.9. The average Bonchev–Trinajstić information content (AvgIpc) is 2.71. The summed E-state index contributed by atoms with van der Waals surface area (Å²) < 4.78 is 2.22. The first-order valence-corrected chi connectivity index (χ1v) is 7.99. The van der Waals surface area contributed by atoms with Crippen molar-refractivity contribution in [2.24, 2.45) is 0 Å². The Morgan fingerprint density at radius 1 is 1.53 bits per heavy atom. The highest BCUT2D eigenvalue weighted by Gasteiger charge is 2.11. The van der Waals surface area contributed by atoms with Crippen LogP contribution in [0.4, 0.5) is 0 Å². The van der Waals surface area contributed by atoms with Crippen LogP contribution >= 0.6 is 23.1 Å². The molecule has 1 atom stereocenters. The summed E-state index contributed by atoms with van der Waals surface area (Å²) in [5.74, 6) is 1.14. The molecule has 5 heteroatoms. The molecule has 0 aliphatic heterocycles. The second-order valence-electron chi connectivity index (χ2n) is 4.38. The fourth-order valence-corrected chi connectivity index (χ4v) is 3.41. The summed E-state index contributed by atoms with van der Waals surface area (Å²) in [5, 5.41) is 3.55. The number of imidazole rings is 1.